The fourth-order valence-corrected chi connectivity index (χ4v) is 4.42. The van der Waals surface area contributed by atoms with Crippen molar-refractivity contribution in [3.63, 3.8) is 0 Å². The van der Waals surface area contributed by atoms with Crippen molar-refractivity contribution in [3.8, 4) is 5.75 Å². The Morgan fingerprint density at radius 2 is 1.81 bits per heavy atom. The molecule has 0 aliphatic carbocycles. The number of carbonyl (C=O) groups is 1. The summed E-state index contributed by atoms with van der Waals surface area (Å²) in [6.45, 7) is 0.360. The molecule has 0 fully saturated rings. The van der Waals surface area contributed by atoms with Gasteiger partial charge in [0, 0.05) is 31.1 Å². The van der Waals surface area contributed by atoms with E-state index in [0.717, 1.165) is 26.1 Å². The Bertz CT molecular complexity index is 1060. The molecule has 5 heteroatoms. The summed E-state index contributed by atoms with van der Waals surface area (Å²) in [6, 6.07) is 21.0. The Labute approximate surface area is 175 Å². The lowest BCUT2D eigenvalue weighted by molar-refractivity contribution is 0.104. The highest BCUT2D eigenvalue weighted by molar-refractivity contribution is 9.10. The molecule has 3 aromatic rings. The molecule has 0 atom stereocenters. The predicted octanol–water partition coefficient (Wildman–Crippen LogP) is 7.01. The second-order valence-electron chi connectivity index (χ2n) is 6.00. The van der Waals surface area contributed by atoms with E-state index in [4.69, 9.17) is 16.3 Å². The molecule has 0 N–H and O–H groups in total. The third-order valence-corrected chi connectivity index (χ3v) is 6.14. The first-order valence-electron chi connectivity index (χ1n) is 8.31. The Morgan fingerprint density at radius 3 is 2.63 bits per heavy atom. The van der Waals surface area contributed by atoms with Gasteiger partial charge >= 0.3 is 0 Å². The van der Waals surface area contributed by atoms with E-state index in [-0.39, 0.29) is 5.78 Å². The van der Waals surface area contributed by atoms with E-state index >= 15 is 0 Å². The van der Waals surface area contributed by atoms with E-state index in [1.54, 1.807) is 0 Å². The molecule has 0 bridgehead atoms. The van der Waals surface area contributed by atoms with Crippen LogP contribution in [-0.4, -0.2) is 5.78 Å². The number of allylic oxidation sites excluding steroid dienone is 1. The van der Waals surface area contributed by atoms with Crippen LogP contribution >= 0.6 is 39.3 Å². The lowest BCUT2D eigenvalue weighted by Gasteiger charge is -2.11. The van der Waals surface area contributed by atoms with E-state index in [9.17, 15) is 4.79 Å². The Balaban J connectivity index is 1.63. The van der Waals surface area contributed by atoms with Crippen LogP contribution in [0.25, 0.3) is 6.08 Å². The summed E-state index contributed by atoms with van der Waals surface area (Å²) in [5.74, 6) is 0.752. The van der Waals surface area contributed by atoms with Crippen LogP contribution in [-0.2, 0) is 6.61 Å². The number of hydrogen-bond donors (Lipinski definition) is 0. The normalized spacial score (nSPS) is 14.4. The summed E-state index contributed by atoms with van der Waals surface area (Å²) >= 11 is 11.2. The molecule has 0 aromatic heterocycles. The number of thioether (sulfide) groups is 1. The predicted molar refractivity (Wildman–Crippen MR) is 115 cm³/mol. The lowest BCUT2D eigenvalue weighted by Crippen LogP contribution is -1.99. The third kappa shape index (κ3) is 3.98. The van der Waals surface area contributed by atoms with Crippen molar-refractivity contribution in [3.05, 3.63) is 97.8 Å². The van der Waals surface area contributed by atoms with Gasteiger partial charge in [-0.3, -0.25) is 4.79 Å². The number of ether oxygens (including phenoxy) is 1. The largest absolute Gasteiger partial charge is 0.488 e. The number of ketones is 1. The average molecular weight is 458 g/mol. The molecular weight excluding hydrogens is 444 g/mol. The van der Waals surface area contributed by atoms with Crippen LogP contribution < -0.4 is 4.74 Å². The molecule has 3 aromatic carbocycles. The highest BCUT2D eigenvalue weighted by Crippen LogP contribution is 2.41. The number of fused-ring (bicyclic) bond motifs is 1. The number of halogens is 2. The molecule has 0 amide bonds. The zero-order valence-corrected chi connectivity index (χ0v) is 17.3. The number of rotatable bonds is 4. The third-order valence-electron chi connectivity index (χ3n) is 4.17. The molecule has 1 aliphatic rings. The van der Waals surface area contributed by atoms with Gasteiger partial charge in [-0.1, -0.05) is 69.6 Å². The maximum absolute atomic E-state index is 12.7. The van der Waals surface area contributed by atoms with Crippen LogP contribution in [0, 0.1) is 0 Å². The maximum atomic E-state index is 12.7. The van der Waals surface area contributed by atoms with E-state index in [0.29, 0.717) is 22.3 Å². The second kappa shape index (κ2) is 7.93. The molecule has 0 radical (unpaired) electrons. The van der Waals surface area contributed by atoms with Crippen molar-refractivity contribution in [2.45, 2.75) is 11.5 Å². The first-order chi connectivity index (χ1) is 13.1. The van der Waals surface area contributed by atoms with Gasteiger partial charge in [0.2, 0.25) is 5.78 Å². The molecule has 134 valence electrons. The van der Waals surface area contributed by atoms with Crippen molar-refractivity contribution in [2.75, 3.05) is 0 Å². The van der Waals surface area contributed by atoms with Crippen molar-refractivity contribution in [1.82, 2.24) is 0 Å². The molecule has 0 saturated heterocycles. The molecule has 0 spiro atoms. The molecule has 1 aliphatic heterocycles. The van der Waals surface area contributed by atoms with Gasteiger partial charge in [0.25, 0.3) is 0 Å². The minimum absolute atomic E-state index is 0.0487. The molecule has 1 heterocycles. The smallest absolute Gasteiger partial charge is 0.200 e. The fraction of sp³-hybridized carbons (Fsp3) is 0.0455. The maximum Gasteiger partial charge on any atom is 0.200 e. The molecule has 4 rings (SSSR count). The fourth-order valence-electron chi connectivity index (χ4n) is 2.81. The highest BCUT2D eigenvalue weighted by Gasteiger charge is 2.25. The summed E-state index contributed by atoms with van der Waals surface area (Å²) in [5, 5.41) is 0.673. The zero-order chi connectivity index (χ0) is 18.8. The van der Waals surface area contributed by atoms with Crippen molar-refractivity contribution < 1.29 is 9.53 Å². The minimum atomic E-state index is 0.0487. The summed E-state index contributed by atoms with van der Waals surface area (Å²) in [4.78, 5) is 14.3. The second-order valence-corrected chi connectivity index (χ2v) is 8.40. The van der Waals surface area contributed by atoms with Gasteiger partial charge in [-0.15, -0.1) is 0 Å². The quantitative estimate of drug-likeness (QED) is 0.394. The van der Waals surface area contributed by atoms with Crippen LogP contribution in [0.1, 0.15) is 21.5 Å². The van der Waals surface area contributed by atoms with Gasteiger partial charge in [-0.2, -0.15) is 0 Å². The van der Waals surface area contributed by atoms with Crippen LogP contribution in [0.5, 0.6) is 5.75 Å². The summed E-state index contributed by atoms with van der Waals surface area (Å²) in [6.07, 6.45) is 1.89. The minimum Gasteiger partial charge on any atom is -0.488 e. The van der Waals surface area contributed by atoms with Crippen molar-refractivity contribution >= 4 is 51.2 Å². The average Bonchev–Trinajstić information content (AvgIpc) is 2.98. The molecule has 0 saturated carbocycles. The number of Topliss-reactive ketones (excluding diaryl/α,β-unsaturated/α-hetero) is 1. The molecular formula is C22H14BrClO2S. The first kappa shape index (κ1) is 18.4. The van der Waals surface area contributed by atoms with Gasteiger partial charge in [-0.25, -0.2) is 0 Å². The Hall–Kier alpha value is -2.01. The monoisotopic (exact) mass is 456 g/mol. The first-order valence-corrected chi connectivity index (χ1v) is 10.3. The highest BCUT2D eigenvalue weighted by atomic mass is 79.9. The molecule has 0 unspecified atom stereocenters. The van der Waals surface area contributed by atoms with Gasteiger partial charge in [0.15, 0.2) is 0 Å². The van der Waals surface area contributed by atoms with Gasteiger partial charge in [0.05, 0.1) is 4.91 Å². The van der Waals surface area contributed by atoms with Gasteiger partial charge in [0.1, 0.15) is 12.4 Å². The van der Waals surface area contributed by atoms with Crippen LogP contribution in [0.3, 0.4) is 0 Å². The topological polar surface area (TPSA) is 26.3 Å². The Kier molecular flexibility index (Phi) is 5.39. The Morgan fingerprint density at radius 1 is 1.04 bits per heavy atom. The van der Waals surface area contributed by atoms with Crippen LogP contribution in [0.4, 0.5) is 0 Å². The standard InChI is InChI=1S/C22H14BrClO2S/c23-16-9-10-19(26-13-14-5-1-3-7-18(14)24)15(11-16)12-21-22(25)17-6-2-4-8-20(17)27-21/h1-12H,13H2/b21-12-. The SMILES string of the molecule is O=C1/C(=C/c2cc(Br)ccc2OCc2ccccc2Cl)Sc2ccccc21. The summed E-state index contributed by atoms with van der Waals surface area (Å²) < 4.78 is 6.93. The van der Waals surface area contributed by atoms with E-state index in [2.05, 4.69) is 15.9 Å². The number of hydrogen-bond acceptors (Lipinski definition) is 3. The number of benzene rings is 3. The lowest BCUT2D eigenvalue weighted by atomic mass is 10.1. The molecule has 27 heavy (non-hydrogen) atoms. The van der Waals surface area contributed by atoms with Gasteiger partial charge in [-0.05, 0) is 42.5 Å². The number of carbonyl (C=O) groups excluding carboxylic acids is 1. The summed E-state index contributed by atoms with van der Waals surface area (Å²) in [5.41, 5.74) is 2.52. The van der Waals surface area contributed by atoms with Crippen molar-refractivity contribution in [2.24, 2.45) is 0 Å². The van der Waals surface area contributed by atoms with Gasteiger partial charge < -0.3 is 4.74 Å². The van der Waals surface area contributed by atoms with Crippen molar-refractivity contribution in [1.29, 1.82) is 0 Å². The van der Waals surface area contributed by atoms with E-state index in [1.165, 1.54) is 11.8 Å². The van der Waals surface area contributed by atoms with Crippen LogP contribution in [0.15, 0.2) is 81.0 Å². The zero-order valence-electron chi connectivity index (χ0n) is 14.1. The van der Waals surface area contributed by atoms with E-state index in [1.807, 2.05) is 72.8 Å². The van der Waals surface area contributed by atoms with E-state index < -0.39 is 0 Å². The molecule has 2 nitrogen and oxygen atoms in total. The van der Waals surface area contributed by atoms with Crippen LogP contribution in [0.2, 0.25) is 5.02 Å². The summed E-state index contributed by atoms with van der Waals surface area (Å²) in [7, 11) is 0.